The van der Waals surface area contributed by atoms with Gasteiger partial charge in [0, 0.05) is 40.6 Å². The molecule has 0 saturated heterocycles. The second kappa shape index (κ2) is 18.9. The first-order valence-corrected chi connectivity index (χ1v) is 21.4. The summed E-state index contributed by atoms with van der Waals surface area (Å²) in [6.45, 7) is 25.3. The molecule has 1 heterocycles. The average Bonchev–Trinajstić information content (AvgIpc) is 3.45. The van der Waals surface area contributed by atoms with Crippen LogP contribution in [-0.2, 0) is 18.3 Å². The lowest BCUT2D eigenvalue weighted by Gasteiger charge is -2.38. The van der Waals surface area contributed by atoms with Crippen molar-refractivity contribution in [3.63, 3.8) is 0 Å². The molecule has 1 unspecified atom stereocenters. The number of hydrogen-bond acceptors (Lipinski definition) is 2. The van der Waals surface area contributed by atoms with Gasteiger partial charge in [0.25, 0.3) is 0 Å². The molecule has 0 aromatic heterocycles. The van der Waals surface area contributed by atoms with Crippen LogP contribution in [0.5, 0.6) is 0 Å². The molecule has 0 radical (unpaired) electrons. The summed E-state index contributed by atoms with van der Waals surface area (Å²) in [7, 11) is 0. The topological polar surface area (TPSA) is 6.48 Å². The molecule has 1 atom stereocenters. The maximum atomic E-state index is 2.55. The molecule has 0 amide bonds. The van der Waals surface area contributed by atoms with Crippen molar-refractivity contribution in [1.82, 2.24) is 0 Å². The highest BCUT2D eigenvalue weighted by Crippen LogP contribution is 2.42. The lowest BCUT2D eigenvalue weighted by molar-refractivity contribution is 0.520. The van der Waals surface area contributed by atoms with Gasteiger partial charge in [0.2, 0.25) is 0 Å². The zero-order chi connectivity index (χ0) is 40.5. The molecule has 0 fully saturated rings. The van der Waals surface area contributed by atoms with Gasteiger partial charge in [-0.3, -0.25) is 0 Å². The second-order valence-electron chi connectivity index (χ2n) is 16.9. The number of rotatable bonds is 9. The SMILES string of the molecule is CC.CCC.CCCc1ccccc1N(C/C=C\C1=CC(C)(C)c2cc(/C=C/c3ccc4cc(N5c6ccccc6CCC5C)ccc4c3)ccc21)C(C)(C)C. The van der Waals surface area contributed by atoms with Gasteiger partial charge in [0.1, 0.15) is 0 Å². The van der Waals surface area contributed by atoms with Gasteiger partial charge in [-0.25, -0.2) is 0 Å². The Balaban J connectivity index is 0.00000115. The fourth-order valence-corrected chi connectivity index (χ4v) is 8.19. The molecule has 1 aliphatic heterocycles. The number of para-hydroxylation sites is 2. The predicted octanol–water partition coefficient (Wildman–Crippen LogP) is 15.4. The summed E-state index contributed by atoms with van der Waals surface area (Å²) in [4.78, 5) is 5.07. The maximum absolute atomic E-state index is 2.55. The van der Waals surface area contributed by atoms with Crippen molar-refractivity contribution in [3.05, 3.63) is 155 Å². The van der Waals surface area contributed by atoms with Crippen molar-refractivity contribution in [1.29, 1.82) is 0 Å². The van der Waals surface area contributed by atoms with E-state index in [2.05, 4.69) is 206 Å². The number of anilines is 3. The van der Waals surface area contributed by atoms with E-state index in [1.54, 1.807) is 0 Å². The minimum absolute atomic E-state index is 0.0172. The van der Waals surface area contributed by atoms with E-state index in [0.29, 0.717) is 6.04 Å². The first-order valence-electron chi connectivity index (χ1n) is 21.4. The van der Waals surface area contributed by atoms with Crippen molar-refractivity contribution in [2.45, 2.75) is 125 Å². The normalized spacial score (nSPS) is 15.8. The number of nitrogens with zero attached hydrogens (tertiary/aromatic N) is 2. The van der Waals surface area contributed by atoms with E-state index in [0.717, 1.165) is 25.8 Å². The summed E-state index contributed by atoms with van der Waals surface area (Å²) in [6, 6.07) is 39.0. The van der Waals surface area contributed by atoms with Crippen molar-refractivity contribution in [2.75, 3.05) is 16.3 Å². The van der Waals surface area contributed by atoms with Crippen LogP contribution in [0.4, 0.5) is 17.1 Å². The van der Waals surface area contributed by atoms with Crippen LogP contribution >= 0.6 is 0 Å². The van der Waals surface area contributed by atoms with E-state index in [9.17, 15) is 0 Å². The van der Waals surface area contributed by atoms with E-state index in [1.165, 1.54) is 79.6 Å². The van der Waals surface area contributed by atoms with E-state index < -0.39 is 0 Å². The van der Waals surface area contributed by atoms with Crippen LogP contribution in [0.25, 0.3) is 28.5 Å². The number of aryl methyl sites for hydroxylation is 2. The number of hydrogen-bond donors (Lipinski definition) is 0. The molecule has 0 N–H and O–H groups in total. The van der Waals surface area contributed by atoms with Crippen LogP contribution in [0.15, 0.2) is 121 Å². The molecular formula is C54H68N2. The molecule has 294 valence electrons. The van der Waals surface area contributed by atoms with Crippen molar-refractivity contribution >= 4 is 45.6 Å². The fourth-order valence-electron chi connectivity index (χ4n) is 8.19. The highest BCUT2D eigenvalue weighted by atomic mass is 15.2. The van der Waals surface area contributed by atoms with Crippen LogP contribution in [0, 0.1) is 0 Å². The zero-order valence-electron chi connectivity index (χ0n) is 36.4. The molecule has 0 spiro atoms. The van der Waals surface area contributed by atoms with Crippen LogP contribution in [-0.4, -0.2) is 18.1 Å². The highest BCUT2D eigenvalue weighted by molar-refractivity contribution is 5.90. The molecule has 1 aliphatic carbocycles. The molecule has 2 nitrogen and oxygen atoms in total. The van der Waals surface area contributed by atoms with Crippen LogP contribution in [0.1, 0.15) is 129 Å². The lowest BCUT2D eigenvalue weighted by atomic mass is 9.86. The Morgan fingerprint density at radius 3 is 2.14 bits per heavy atom. The van der Waals surface area contributed by atoms with E-state index in [-0.39, 0.29) is 11.0 Å². The zero-order valence-corrected chi connectivity index (χ0v) is 36.4. The Hall–Kier alpha value is -4.82. The molecule has 0 saturated carbocycles. The molecule has 56 heavy (non-hydrogen) atoms. The first kappa shape index (κ1) is 42.3. The third-order valence-electron chi connectivity index (χ3n) is 10.9. The molecule has 5 aromatic rings. The van der Waals surface area contributed by atoms with Crippen LogP contribution in [0.3, 0.4) is 0 Å². The van der Waals surface area contributed by atoms with Gasteiger partial charge in [0.05, 0.1) is 0 Å². The summed E-state index contributed by atoms with van der Waals surface area (Å²) in [5, 5.41) is 2.55. The Bertz CT molecular complexity index is 2150. The van der Waals surface area contributed by atoms with Gasteiger partial charge in [-0.2, -0.15) is 0 Å². The Labute approximate surface area is 340 Å². The van der Waals surface area contributed by atoms with Gasteiger partial charge in [-0.15, -0.1) is 0 Å². The Morgan fingerprint density at radius 2 is 1.41 bits per heavy atom. The summed E-state index contributed by atoms with van der Waals surface area (Å²) in [5.74, 6) is 0. The summed E-state index contributed by atoms with van der Waals surface area (Å²) < 4.78 is 0. The standard InChI is InChI=1S/C49H54N2.C3H8.C2H6/c1-8-14-38-15-9-11-18-46(38)50(48(3,4)5)30-13-17-42-34-49(6,7)45-32-37(24-29-44(42)45)22-21-36-23-26-41-33-43(28-27-40(41)31-36)51-35(2)20-25-39-16-10-12-19-47(39)51;1-3-2;1-2/h9-13,15-19,21-24,26-29,31-35H,8,14,20,25,30H2,1-7H3;3H2,1-2H3;1-2H3/b17-13-,22-21+;;. The first-order chi connectivity index (χ1) is 26.9. The molecule has 7 rings (SSSR count). The highest BCUT2D eigenvalue weighted by Gasteiger charge is 2.29. The fraction of sp³-hybridized carbons (Fsp3) is 0.370. The smallest absolute Gasteiger partial charge is 0.0445 e. The molecule has 2 aliphatic rings. The van der Waals surface area contributed by atoms with Gasteiger partial charge < -0.3 is 9.80 Å². The molecule has 2 heteroatoms. The van der Waals surface area contributed by atoms with Crippen molar-refractivity contribution in [2.24, 2.45) is 0 Å². The van der Waals surface area contributed by atoms with Crippen molar-refractivity contribution in [3.8, 4) is 0 Å². The largest absolute Gasteiger partial charge is 0.363 e. The third kappa shape index (κ3) is 9.76. The maximum Gasteiger partial charge on any atom is 0.0445 e. The molecule has 0 bridgehead atoms. The van der Waals surface area contributed by atoms with Gasteiger partial charge in [-0.1, -0.05) is 164 Å². The monoisotopic (exact) mass is 745 g/mol. The summed E-state index contributed by atoms with van der Waals surface area (Å²) in [6.07, 6.45) is 17.5. The lowest BCUT2D eigenvalue weighted by Crippen LogP contribution is -2.42. The minimum atomic E-state index is -0.0245. The van der Waals surface area contributed by atoms with Gasteiger partial charge in [0.15, 0.2) is 0 Å². The van der Waals surface area contributed by atoms with Crippen LogP contribution < -0.4 is 9.80 Å². The summed E-state index contributed by atoms with van der Waals surface area (Å²) in [5.41, 5.74) is 13.4. The van der Waals surface area contributed by atoms with E-state index >= 15 is 0 Å². The van der Waals surface area contributed by atoms with Crippen LogP contribution in [0.2, 0.25) is 0 Å². The van der Waals surface area contributed by atoms with Crippen molar-refractivity contribution < 1.29 is 0 Å². The quantitative estimate of drug-likeness (QED) is 0.139. The number of allylic oxidation sites excluding steroid dienone is 3. The molecular weight excluding hydrogens is 677 g/mol. The number of benzene rings is 5. The van der Waals surface area contributed by atoms with Gasteiger partial charge >= 0.3 is 0 Å². The average molecular weight is 745 g/mol. The minimum Gasteiger partial charge on any atom is -0.363 e. The number of fused-ring (bicyclic) bond motifs is 3. The van der Waals surface area contributed by atoms with Gasteiger partial charge in [-0.05, 0) is 127 Å². The Morgan fingerprint density at radius 1 is 0.768 bits per heavy atom. The third-order valence-corrected chi connectivity index (χ3v) is 10.9. The summed E-state index contributed by atoms with van der Waals surface area (Å²) >= 11 is 0. The molecule has 5 aromatic carbocycles. The van der Waals surface area contributed by atoms with E-state index in [4.69, 9.17) is 0 Å². The predicted molar refractivity (Wildman–Crippen MR) is 251 cm³/mol. The Kier molecular flexibility index (Phi) is 14.3. The van der Waals surface area contributed by atoms with E-state index in [1.807, 2.05) is 13.8 Å². The second-order valence-corrected chi connectivity index (χ2v) is 16.9.